The lowest BCUT2D eigenvalue weighted by Crippen LogP contribution is -2.05. The summed E-state index contributed by atoms with van der Waals surface area (Å²) in [5.74, 6) is -10.1. The van der Waals surface area contributed by atoms with Crippen LogP contribution in [0.15, 0.2) is 24.3 Å². The van der Waals surface area contributed by atoms with Crippen molar-refractivity contribution in [3.05, 3.63) is 138 Å². The van der Waals surface area contributed by atoms with Crippen LogP contribution in [-0.2, 0) is 0 Å². The molecule has 0 N–H and O–H groups in total. The first kappa shape index (κ1) is 41.2. The minimum atomic E-state index is -1.94. The zero-order valence-electron chi connectivity index (χ0n) is 30.0. The van der Waals surface area contributed by atoms with Gasteiger partial charge in [-0.15, -0.1) is 0 Å². The Hall–Kier alpha value is -7.52. The van der Waals surface area contributed by atoms with Gasteiger partial charge < -0.3 is 0 Å². The molecule has 0 radical (unpaired) electrons. The highest BCUT2D eigenvalue weighted by molar-refractivity contribution is 5.95. The van der Waals surface area contributed by atoms with Crippen molar-refractivity contribution in [2.75, 3.05) is 0 Å². The number of rotatable bonds is 0. The number of aryl methyl sites for hydroxylation is 6. The summed E-state index contributed by atoms with van der Waals surface area (Å²) in [6.45, 7) is 8.78. The standard InChI is InChI=1S/C14H6F4N2.2C14H8F2N2/c1-5-7(3-19)8(4-20)6(2)10-9(5)11(15)13(17)14(18)12(10)16;1-7-9-3-13(15)14(16)4-10(9)8(2)12(6-18)11(7)5-17;1-7-9(5-17)10(6-18)8(2)14-12(16)4-3-11(15)13(7)14/h1-2H3;2*3-4H,1-2H3. The van der Waals surface area contributed by atoms with Gasteiger partial charge in [0.05, 0.1) is 33.4 Å². The molecule has 0 aliphatic heterocycles. The molecule has 0 aromatic heterocycles. The fraction of sp³-hybridized carbons (Fsp3) is 0.143. The topological polar surface area (TPSA) is 143 Å². The fourth-order valence-corrected chi connectivity index (χ4v) is 6.52. The predicted octanol–water partition coefficient (Wildman–Crippen LogP) is 10.7. The number of nitrogens with zero attached hydrogens (tertiary/aromatic N) is 6. The van der Waals surface area contributed by atoms with E-state index in [1.807, 2.05) is 24.3 Å². The zero-order valence-corrected chi connectivity index (χ0v) is 30.0. The zero-order chi connectivity index (χ0) is 42.1. The highest BCUT2D eigenvalue weighted by Crippen LogP contribution is 2.36. The van der Waals surface area contributed by atoms with Crippen LogP contribution in [0.5, 0.6) is 0 Å². The Morgan fingerprint density at radius 3 is 0.804 bits per heavy atom. The normalized spacial score (nSPS) is 10.2. The van der Waals surface area contributed by atoms with Crippen LogP contribution in [0.1, 0.15) is 66.8 Å². The second kappa shape index (κ2) is 15.8. The number of hydrogen-bond donors (Lipinski definition) is 0. The van der Waals surface area contributed by atoms with E-state index < -0.39 is 57.3 Å². The fourth-order valence-electron chi connectivity index (χ4n) is 6.52. The predicted molar refractivity (Wildman–Crippen MR) is 188 cm³/mol. The lowest BCUT2D eigenvalue weighted by Gasteiger charge is -2.13. The molecular weight excluding hydrogens is 740 g/mol. The lowest BCUT2D eigenvalue weighted by atomic mass is 9.90. The first-order valence-electron chi connectivity index (χ1n) is 15.9. The third kappa shape index (κ3) is 6.51. The third-order valence-electron chi connectivity index (χ3n) is 9.41. The number of fused-ring (bicyclic) bond motifs is 3. The van der Waals surface area contributed by atoms with Gasteiger partial charge in [0.2, 0.25) is 0 Å². The van der Waals surface area contributed by atoms with E-state index in [1.165, 1.54) is 27.7 Å². The summed E-state index contributed by atoms with van der Waals surface area (Å²) in [5, 5.41) is 54.3. The lowest BCUT2D eigenvalue weighted by molar-refractivity contribution is 0.417. The molecule has 0 atom stereocenters. The molecule has 0 bridgehead atoms. The van der Waals surface area contributed by atoms with Crippen LogP contribution in [0.25, 0.3) is 32.3 Å². The minimum absolute atomic E-state index is 0.0723. The van der Waals surface area contributed by atoms with E-state index in [1.54, 1.807) is 26.0 Å². The Bertz CT molecular complexity index is 2780. The van der Waals surface area contributed by atoms with Crippen LogP contribution in [0.3, 0.4) is 0 Å². The molecule has 0 heterocycles. The molecule has 14 heteroatoms. The summed E-state index contributed by atoms with van der Waals surface area (Å²) in [5.41, 5.74) is 1.67. The SMILES string of the molecule is Cc1c(C#N)c(C#N)c(C)c2c(F)c(F)c(F)c(F)c12.Cc1c(C#N)c(C#N)c(C)c2c(F)ccc(F)c12.Cc1c(C#N)c(C#N)c(C)c2cc(F)c(F)cc12. The average Bonchev–Trinajstić information content (AvgIpc) is 3.18. The monoisotopic (exact) mass is 762 g/mol. The minimum Gasteiger partial charge on any atom is -0.206 e. The van der Waals surface area contributed by atoms with Gasteiger partial charge in [0, 0.05) is 21.5 Å². The highest BCUT2D eigenvalue weighted by atomic mass is 19.2. The van der Waals surface area contributed by atoms with Crippen LogP contribution in [0, 0.1) is 156 Å². The van der Waals surface area contributed by atoms with E-state index in [2.05, 4.69) is 0 Å². The average molecular weight is 763 g/mol. The van der Waals surface area contributed by atoms with Gasteiger partial charge in [-0.1, -0.05) is 0 Å². The van der Waals surface area contributed by atoms with Crippen molar-refractivity contribution in [3.63, 3.8) is 0 Å². The molecule has 0 unspecified atom stereocenters. The molecule has 0 fully saturated rings. The molecule has 0 saturated heterocycles. The van der Waals surface area contributed by atoms with Crippen molar-refractivity contribution in [1.82, 2.24) is 0 Å². The molecule has 0 amide bonds. The second-order valence-corrected chi connectivity index (χ2v) is 12.3. The van der Waals surface area contributed by atoms with Gasteiger partial charge in [0.25, 0.3) is 0 Å². The summed E-state index contributed by atoms with van der Waals surface area (Å²) in [6.07, 6.45) is 0. The molecule has 276 valence electrons. The first-order valence-corrected chi connectivity index (χ1v) is 15.9. The number of hydrogen-bond acceptors (Lipinski definition) is 6. The highest BCUT2D eigenvalue weighted by Gasteiger charge is 2.27. The van der Waals surface area contributed by atoms with Gasteiger partial charge in [-0.2, -0.15) is 31.6 Å². The van der Waals surface area contributed by atoms with Gasteiger partial charge in [-0.25, -0.2) is 35.1 Å². The Balaban J connectivity index is 0.000000187. The van der Waals surface area contributed by atoms with Gasteiger partial charge >= 0.3 is 0 Å². The summed E-state index contributed by atoms with van der Waals surface area (Å²) in [4.78, 5) is 0. The maximum atomic E-state index is 13.9. The van der Waals surface area contributed by atoms with Crippen LogP contribution < -0.4 is 0 Å². The Morgan fingerprint density at radius 1 is 0.321 bits per heavy atom. The smallest absolute Gasteiger partial charge is 0.198 e. The Kier molecular flexibility index (Phi) is 11.7. The molecule has 0 aliphatic carbocycles. The van der Waals surface area contributed by atoms with Crippen LogP contribution >= 0.6 is 0 Å². The van der Waals surface area contributed by atoms with Gasteiger partial charge in [-0.05, 0) is 110 Å². The van der Waals surface area contributed by atoms with E-state index >= 15 is 0 Å². The number of benzene rings is 6. The van der Waals surface area contributed by atoms with Gasteiger partial charge in [0.1, 0.15) is 48.0 Å². The maximum absolute atomic E-state index is 13.9. The molecular formula is C42H22F8N6. The quantitative estimate of drug-likeness (QED) is 0.0856. The van der Waals surface area contributed by atoms with Crippen molar-refractivity contribution < 1.29 is 35.1 Å². The molecule has 6 aromatic rings. The Labute approximate surface area is 314 Å². The van der Waals surface area contributed by atoms with E-state index in [4.69, 9.17) is 31.6 Å². The molecule has 6 nitrogen and oxygen atoms in total. The van der Waals surface area contributed by atoms with Crippen molar-refractivity contribution >= 4 is 32.3 Å². The maximum Gasteiger partial charge on any atom is 0.198 e. The molecule has 0 aliphatic rings. The summed E-state index contributed by atoms with van der Waals surface area (Å²) >= 11 is 0. The van der Waals surface area contributed by atoms with Crippen LogP contribution in [0.2, 0.25) is 0 Å². The largest absolute Gasteiger partial charge is 0.206 e. The summed E-state index contributed by atoms with van der Waals surface area (Å²) < 4.78 is 108. The third-order valence-corrected chi connectivity index (χ3v) is 9.41. The van der Waals surface area contributed by atoms with E-state index in [-0.39, 0.29) is 55.3 Å². The molecule has 6 aromatic carbocycles. The van der Waals surface area contributed by atoms with Crippen LogP contribution in [-0.4, -0.2) is 0 Å². The van der Waals surface area contributed by atoms with E-state index in [9.17, 15) is 35.1 Å². The Morgan fingerprint density at radius 2 is 0.554 bits per heavy atom. The van der Waals surface area contributed by atoms with Gasteiger partial charge in [-0.3, -0.25) is 0 Å². The van der Waals surface area contributed by atoms with Gasteiger partial charge in [0.15, 0.2) is 34.9 Å². The summed E-state index contributed by atoms with van der Waals surface area (Å²) in [6, 6.07) is 15.2. The van der Waals surface area contributed by atoms with E-state index in [0.717, 1.165) is 24.3 Å². The van der Waals surface area contributed by atoms with Crippen molar-refractivity contribution in [1.29, 1.82) is 31.6 Å². The molecule has 0 spiro atoms. The first-order chi connectivity index (χ1) is 26.4. The number of nitriles is 6. The van der Waals surface area contributed by atoms with Crippen molar-refractivity contribution in [3.8, 4) is 36.4 Å². The second-order valence-electron chi connectivity index (χ2n) is 12.3. The molecule has 0 saturated carbocycles. The molecule has 6 rings (SSSR count). The van der Waals surface area contributed by atoms with Crippen molar-refractivity contribution in [2.45, 2.75) is 41.5 Å². The van der Waals surface area contributed by atoms with Crippen molar-refractivity contribution in [2.24, 2.45) is 0 Å². The van der Waals surface area contributed by atoms with E-state index in [0.29, 0.717) is 33.0 Å². The molecule has 56 heavy (non-hydrogen) atoms. The summed E-state index contributed by atoms with van der Waals surface area (Å²) in [7, 11) is 0. The number of halogens is 8. The van der Waals surface area contributed by atoms with Crippen LogP contribution in [0.4, 0.5) is 35.1 Å².